The molecule has 0 spiro atoms. The highest BCUT2D eigenvalue weighted by atomic mass is 79.9. The van der Waals surface area contributed by atoms with Gasteiger partial charge in [-0.3, -0.25) is 9.10 Å². The van der Waals surface area contributed by atoms with E-state index in [0.29, 0.717) is 11.4 Å². The van der Waals surface area contributed by atoms with Crippen LogP contribution < -0.4 is 14.5 Å². The maximum atomic E-state index is 12.8. The van der Waals surface area contributed by atoms with Gasteiger partial charge in [-0.05, 0) is 79.2 Å². The monoisotopic (exact) mass is 546 g/mol. The number of nitrogens with zero attached hydrogens (tertiary/aromatic N) is 3. The molecular formula is C24H27BrN4O4S. The number of carbonyl (C=O) groups excluding carboxylic acids is 1. The molecule has 2 aromatic carbocycles. The fourth-order valence-corrected chi connectivity index (χ4v) is 5.36. The van der Waals surface area contributed by atoms with Crippen molar-refractivity contribution in [1.82, 2.24) is 9.99 Å². The Morgan fingerprint density at radius 1 is 1.18 bits per heavy atom. The summed E-state index contributed by atoms with van der Waals surface area (Å²) in [7, 11) is -2.21. The van der Waals surface area contributed by atoms with Gasteiger partial charge in [0.2, 0.25) is 10.0 Å². The van der Waals surface area contributed by atoms with Gasteiger partial charge in [0, 0.05) is 21.4 Å². The number of para-hydroxylation sites is 1. The van der Waals surface area contributed by atoms with Gasteiger partial charge in [0.25, 0.3) is 5.91 Å². The van der Waals surface area contributed by atoms with Crippen molar-refractivity contribution in [2.45, 2.75) is 26.8 Å². The number of aryl methyl sites for hydroxylation is 1. The summed E-state index contributed by atoms with van der Waals surface area (Å²) in [5.41, 5.74) is 6.60. The van der Waals surface area contributed by atoms with Crippen LogP contribution in [0.3, 0.4) is 0 Å². The third-order valence-corrected chi connectivity index (χ3v) is 7.27. The van der Waals surface area contributed by atoms with Gasteiger partial charge in [-0.25, -0.2) is 13.8 Å². The molecule has 0 aliphatic heterocycles. The molecule has 3 rings (SSSR count). The molecule has 0 unspecified atom stereocenters. The minimum absolute atomic E-state index is 0.354. The predicted octanol–water partition coefficient (Wildman–Crippen LogP) is 4.17. The summed E-state index contributed by atoms with van der Waals surface area (Å²) in [6, 6.07) is 15.3. The van der Waals surface area contributed by atoms with Gasteiger partial charge in [-0.1, -0.05) is 12.1 Å². The zero-order valence-electron chi connectivity index (χ0n) is 19.6. The first-order valence-electron chi connectivity index (χ1n) is 10.4. The number of benzene rings is 2. The van der Waals surface area contributed by atoms with Crippen LogP contribution in [0, 0.1) is 13.8 Å². The normalized spacial score (nSPS) is 12.5. The van der Waals surface area contributed by atoms with Crippen LogP contribution in [0.5, 0.6) is 5.75 Å². The lowest BCUT2D eigenvalue weighted by Crippen LogP contribution is -2.46. The van der Waals surface area contributed by atoms with Crippen LogP contribution in [0.1, 0.15) is 23.9 Å². The summed E-state index contributed by atoms with van der Waals surface area (Å²) in [4.78, 5) is 12.8. The molecule has 0 radical (unpaired) electrons. The first-order valence-corrected chi connectivity index (χ1v) is 13.1. The number of amides is 1. The van der Waals surface area contributed by atoms with E-state index in [-0.39, 0.29) is 0 Å². The highest BCUT2D eigenvalue weighted by Crippen LogP contribution is 2.26. The van der Waals surface area contributed by atoms with Crippen molar-refractivity contribution in [3.8, 4) is 11.4 Å². The summed E-state index contributed by atoms with van der Waals surface area (Å²) in [5.74, 6) is 0.0242. The lowest BCUT2D eigenvalue weighted by molar-refractivity contribution is -0.121. The van der Waals surface area contributed by atoms with E-state index in [1.54, 1.807) is 30.5 Å². The second kappa shape index (κ2) is 10.4. The molecule has 0 saturated carbocycles. The van der Waals surface area contributed by atoms with E-state index in [1.165, 1.54) is 14.0 Å². The number of methoxy groups -OCH3 is 1. The molecule has 0 fully saturated rings. The molecule has 180 valence electrons. The lowest BCUT2D eigenvalue weighted by Gasteiger charge is -2.27. The fraction of sp³-hybridized carbons (Fsp3) is 0.250. The Kier molecular flexibility index (Phi) is 7.83. The minimum Gasteiger partial charge on any atom is -0.497 e. The number of rotatable bonds is 8. The molecule has 1 heterocycles. The van der Waals surface area contributed by atoms with Crippen molar-refractivity contribution < 1.29 is 17.9 Å². The molecule has 34 heavy (non-hydrogen) atoms. The van der Waals surface area contributed by atoms with Gasteiger partial charge in [-0.2, -0.15) is 5.10 Å². The van der Waals surface area contributed by atoms with Crippen molar-refractivity contribution in [2.24, 2.45) is 5.10 Å². The van der Waals surface area contributed by atoms with E-state index in [0.717, 1.165) is 37.7 Å². The van der Waals surface area contributed by atoms with E-state index in [9.17, 15) is 13.2 Å². The molecule has 10 heteroatoms. The molecule has 0 saturated heterocycles. The Bertz CT molecular complexity index is 1320. The first kappa shape index (κ1) is 25.5. The van der Waals surface area contributed by atoms with E-state index >= 15 is 0 Å². The van der Waals surface area contributed by atoms with Crippen molar-refractivity contribution in [3.63, 3.8) is 0 Å². The number of anilines is 1. The van der Waals surface area contributed by atoms with Gasteiger partial charge in [0.15, 0.2) is 0 Å². The zero-order valence-corrected chi connectivity index (χ0v) is 22.0. The summed E-state index contributed by atoms with van der Waals surface area (Å²) in [6.45, 7) is 5.46. The summed E-state index contributed by atoms with van der Waals surface area (Å²) < 4.78 is 34.1. The van der Waals surface area contributed by atoms with Crippen molar-refractivity contribution in [1.29, 1.82) is 0 Å². The van der Waals surface area contributed by atoms with Crippen LogP contribution in [0.4, 0.5) is 5.69 Å². The van der Waals surface area contributed by atoms with Crippen LogP contribution >= 0.6 is 15.9 Å². The fourth-order valence-electron chi connectivity index (χ4n) is 3.72. The number of hydrogen-bond donors (Lipinski definition) is 1. The topological polar surface area (TPSA) is 93.0 Å². The Morgan fingerprint density at radius 2 is 1.82 bits per heavy atom. The smallest absolute Gasteiger partial charge is 0.263 e. The molecule has 8 nitrogen and oxygen atoms in total. The van der Waals surface area contributed by atoms with Gasteiger partial charge >= 0.3 is 0 Å². The van der Waals surface area contributed by atoms with Gasteiger partial charge in [0.1, 0.15) is 11.8 Å². The second-order valence-electron chi connectivity index (χ2n) is 7.78. The number of sulfonamides is 1. The molecule has 0 bridgehead atoms. The summed E-state index contributed by atoms with van der Waals surface area (Å²) in [5, 5.41) is 4.09. The summed E-state index contributed by atoms with van der Waals surface area (Å²) >= 11 is 3.58. The van der Waals surface area contributed by atoms with Crippen LogP contribution in [0.2, 0.25) is 0 Å². The van der Waals surface area contributed by atoms with Crippen LogP contribution in [0.25, 0.3) is 5.69 Å². The Labute approximate surface area is 208 Å². The average Bonchev–Trinajstić information content (AvgIpc) is 3.06. The first-order chi connectivity index (χ1) is 16.0. The Hall–Kier alpha value is -3.11. The molecular weight excluding hydrogens is 520 g/mol. The van der Waals surface area contributed by atoms with Gasteiger partial charge in [-0.15, -0.1) is 0 Å². The molecule has 1 N–H and O–H groups in total. The molecule has 3 aromatic rings. The van der Waals surface area contributed by atoms with Gasteiger partial charge in [0.05, 0.1) is 31.0 Å². The van der Waals surface area contributed by atoms with Crippen LogP contribution in [-0.2, 0) is 14.8 Å². The highest BCUT2D eigenvalue weighted by Gasteiger charge is 2.29. The molecule has 0 aliphatic carbocycles. The largest absolute Gasteiger partial charge is 0.497 e. The number of aromatic nitrogens is 1. The number of ether oxygens (including phenoxy) is 1. The number of hydrogen-bond acceptors (Lipinski definition) is 5. The number of nitrogens with one attached hydrogen (secondary N) is 1. The zero-order chi connectivity index (χ0) is 25.0. The SMILES string of the molecule is COc1ccc(N([C@H](C)C(=O)N/N=C\c2cc(C)n(-c3ccccc3Br)c2C)S(C)(=O)=O)cc1. The minimum atomic E-state index is -3.73. The van der Waals surface area contributed by atoms with Crippen molar-refractivity contribution in [3.05, 3.63) is 76.0 Å². The average molecular weight is 547 g/mol. The molecule has 0 aliphatic rings. The van der Waals surface area contributed by atoms with Crippen LogP contribution in [-0.4, -0.2) is 44.5 Å². The van der Waals surface area contributed by atoms with Gasteiger partial charge < -0.3 is 9.30 Å². The number of hydrazone groups is 1. The third-order valence-electron chi connectivity index (χ3n) is 5.36. The lowest BCUT2D eigenvalue weighted by atomic mass is 10.2. The Morgan fingerprint density at radius 3 is 2.41 bits per heavy atom. The Balaban J connectivity index is 1.79. The van der Waals surface area contributed by atoms with E-state index in [2.05, 4.69) is 31.0 Å². The quantitative estimate of drug-likeness (QED) is 0.339. The van der Waals surface area contributed by atoms with Crippen molar-refractivity contribution >= 4 is 43.8 Å². The number of halogens is 1. The maximum Gasteiger partial charge on any atom is 0.263 e. The molecule has 1 amide bonds. The number of carbonyl (C=O) groups is 1. The third kappa shape index (κ3) is 5.51. The van der Waals surface area contributed by atoms with E-state index in [1.807, 2.05) is 44.2 Å². The second-order valence-corrected chi connectivity index (χ2v) is 10.5. The predicted molar refractivity (Wildman–Crippen MR) is 138 cm³/mol. The summed E-state index contributed by atoms with van der Waals surface area (Å²) in [6.07, 6.45) is 2.61. The van der Waals surface area contributed by atoms with Crippen molar-refractivity contribution in [2.75, 3.05) is 17.7 Å². The highest BCUT2D eigenvalue weighted by molar-refractivity contribution is 9.10. The standard InChI is InChI=1S/C24H27BrN4O4S/c1-16-14-19(17(2)28(16)23-9-7-6-8-22(23)25)15-26-27-24(30)18(3)29(34(5,31)32)20-10-12-21(33-4)13-11-20/h6-15,18H,1-5H3,(H,27,30)/b26-15-/t18-/m1/s1. The van der Waals surface area contributed by atoms with E-state index < -0.39 is 22.0 Å². The maximum absolute atomic E-state index is 12.8. The molecule has 1 aromatic heterocycles. The van der Waals surface area contributed by atoms with Crippen LogP contribution in [0.15, 0.2) is 64.2 Å². The van der Waals surface area contributed by atoms with E-state index in [4.69, 9.17) is 4.74 Å². The molecule has 1 atom stereocenters.